The molecule has 6 heteroatoms. The van der Waals surface area contributed by atoms with Gasteiger partial charge in [-0.3, -0.25) is 4.79 Å². The highest BCUT2D eigenvalue weighted by molar-refractivity contribution is 5.95. The van der Waals surface area contributed by atoms with Crippen LogP contribution in [0.25, 0.3) is 0 Å². The molecule has 1 saturated heterocycles. The number of carboxylic acids is 1. The highest BCUT2D eigenvalue weighted by Gasteiger charge is 2.29. The van der Waals surface area contributed by atoms with E-state index in [9.17, 15) is 14.7 Å². The Hall–Kier alpha value is -3.28. The van der Waals surface area contributed by atoms with E-state index in [1.165, 1.54) is 11.3 Å². The molecule has 1 heterocycles. The fourth-order valence-electron chi connectivity index (χ4n) is 4.40. The molecule has 31 heavy (non-hydrogen) atoms. The number of hydrogen-bond donors (Lipinski definition) is 1. The number of carboxylic acid groups (broad SMARTS) is 1. The predicted molar refractivity (Wildman–Crippen MR) is 121 cm³/mol. The fourth-order valence-corrected chi connectivity index (χ4v) is 4.40. The molecular formula is C25H28N3O3-. The van der Waals surface area contributed by atoms with E-state index >= 15 is 0 Å². The normalized spacial score (nSPS) is 21.1. The van der Waals surface area contributed by atoms with E-state index in [0.717, 1.165) is 31.9 Å². The first-order valence-corrected chi connectivity index (χ1v) is 10.8. The molecule has 0 aromatic heterocycles. The lowest BCUT2D eigenvalue weighted by Crippen LogP contribution is -2.46. The predicted octanol–water partition coefficient (Wildman–Crippen LogP) is 2.59. The van der Waals surface area contributed by atoms with E-state index in [1.807, 2.05) is 30.3 Å². The highest BCUT2D eigenvalue weighted by atomic mass is 16.4. The van der Waals surface area contributed by atoms with Crippen molar-refractivity contribution in [3.63, 3.8) is 0 Å². The molecule has 2 atom stereocenters. The quantitative estimate of drug-likeness (QED) is 0.756. The third kappa shape index (κ3) is 4.90. The van der Waals surface area contributed by atoms with E-state index in [2.05, 4.69) is 46.3 Å². The lowest BCUT2D eigenvalue weighted by molar-refractivity contribution is -0.313. The minimum Gasteiger partial charge on any atom is -0.550 e. The summed E-state index contributed by atoms with van der Waals surface area (Å²) in [6.45, 7) is 5.90. The molecule has 0 radical (unpaired) electrons. The Kier molecular flexibility index (Phi) is 6.26. The summed E-state index contributed by atoms with van der Waals surface area (Å²) in [6, 6.07) is 16.4. The van der Waals surface area contributed by atoms with Gasteiger partial charge in [0.25, 0.3) is 0 Å². The summed E-state index contributed by atoms with van der Waals surface area (Å²) in [5.41, 5.74) is 4.34. The number of anilines is 3. The van der Waals surface area contributed by atoms with Crippen LogP contribution in [0.3, 0.4) is 0 Å². The molecule has 1 fully saturated rings. The number of carbonyl (C=O) groups excluding carboxylic acids is 2. The average Bonchev–Trinajstić information content (AvgIpc) is 2.79. The molecule has 0 unspecified atom stereocenters. The van der Waals surface area contributed by atoms with E-state index in [4.69, 9.17) is 0 Å². The van der Waals surface area contributed by atoms with Gasteiger partial charge in [-0.05, 0) is 61.7 Å². The Morgan fingerprint density at radius 2 is 1.48 bits per heavy atom. The first-order chi connectivity index (χ1) is 15.0. The van der Waals surface area contributed by atoms with E-state index in [1.54, 1.807) is 6.08 Å². The largest absolute Gasteiger partial charge is 0.550 e. The van der Waals surface area contributed by atoms with E-state index in [0.29, 0.717) is 18.5 Å². The summed E-state index contributed by atoms with van der Waals surface area (Å²) in [7, 11) is 0. The van der Waals surface area contributed by atoms with Crippen LogP contribution in [-0.4, -0.2) is 38.1 Å². The van der Waals surface area contributed by atoms with Gasteiger partial charge >= 0.3 is 0 Å². The van der Waals surface area contributed by atoms with Gasteiger partial charge in [-0.2, -0.15) is 0 Å². The number of nitrogens with one attached hydrogen (secondary N) is 1. The first kappa shape index (κ1) is 21.0. The Morgan fingerprint density at radius 1 is 0.871 bits per heavy atom. The van der Waals surface area contributed by atoms with Crippen molar-refractivity contribution in [1.29, 1.82) is 0 Å². The Balaban J connectivity index is 1.34. The number of carbonyl (C=O) groups is 2. The maximum absolute atomic E-state index is 12.6. The minimum atomic E-state index is -1.16. The third-order valence-electron chi connectivity index (χ3n) is 6.22. The summed E-state index contributed by atoms with van der Waals surface area (Å²) >= 11 is 0. The molecule has 162 valence electrons. The monoisotopic (exact) mass is 418 g/mol. The van der Waals surface area contributed by atoms with Crippen LogP contribution < -0.4 is 20.2 Å². The SMILES string of the molecule is Cc1cccc(N2CCN(c3ccc(NC(=O)[C@@H]4CC=CC[C@@H]4C(=O)[O-])cc3)CC2)c1. The van der Waals surface area contributed by atoms with E-state index in [-0.39, 0.29) is 5.91 Å². The van der Waals surface area contributed by atoms with Gasteiger partial charge in [-0.1, -0.05) is 24.3 Å². The summed E-state index contributed by atoms with van der Waals surface area (Å²) in [6.07, 6.45) is 4.43. The Bertz CT molecular complexity index is 962. The van der Waals surface area contributed by atoms with Crippen molar-refractivity contribution in [1.82, 2.24) is 0 Å². The van der Waals surface area contributed by atoms with Crippen molar-refractivity contribution in [2.24, 2.45) is 11.8 Å². The van der Waals surface area contributed by atoms with Crippen LogP contribution in [0.5, 0.6) is 0 Å². The highest BCUT2D eigenvalue weighted by Crippen LogP contribution is 2.27. The van der Waals surface area contributed by atoms with Crippen LogP contribution in [0, 0.1) is 18.8 Å². The van der Waals surface area contributed by atoms with Crippen molar-refractivity contribution in [3.05, 3.63) is 66.2 Å². The van der Waals surface area contributed by atoms with E-state index < -0.39 is 17.8 Å². The Morgan fingerprint density at radius 3 is 2.10 bits per heavy atom. The van der Waals surface area contributed by atoms with Gasteiger partial charge in [-0.25, -0.2) is 0 Å². The number of aliphatic carboxylic acids is 1. The number of aryl methyl sites for hydroxylation is 1. The van der Waals surface area contributed by atoms with Crippen LogP contribution in [0.15, 0.2) is 60.7 Å². The summed E-state index contributed by atoms with van der Waals surface area (Å²) in [4.78, 5) is 28.7. The van der Waals surface area contributed by atoms with Gasteiger partial charge in [-0.15, -0.1) is 0 Å². The van der Waals surface area contributed by atoms with Crippen molar-refractivity contribution >= 4 is 28.9 Å². The molecule has 1 aliphatic heterocycles. The molecule has 2 aromatic carbocycles. The number of allylic oxidation sites excluding steroid dienone is 2. The number of amides is 1. The standard InChI is InChI=1S/C25H29N3O3/c1-18-5-4-6-21(17-18)28-15-13-27(14-16-28)20-11-9-19(10-12-20)26-24(29)22-7-2-3-8-23(22)25(30)31/h2-6,9-12,17,22-23H,7-8,13-16H2,1H3,(H,26,29)(H,30,31)/p-1/t22-,23+/m1/s1. The van der Waals surface area contributed by atoms with Gasteiger partial charge in [0.1, 0.15) is 0 Å². The second-order valence-corrected chi connectivity index (χ2v) is 8.32. The summed E-state index contributed by atoms with van der Waals surface area (Å²) < 4.78 is 0. The molecule has 0 saturated carbocycles. The lowest BCUT2D eigenvalue weighted by atomic mass is 9.82. The average molecular weight is 419 g/mol. The zero-order chi connectivity index (χ0) is 21.8. The molecule has 1 aliphatic carbocycles. The molecule has 4 rings (SSSR count). The second-order valence-electron chi connectivity index (χ2n) is 8.32. The van der Waals surface area contributed by atoms with Crippen molar-refractivity contribution in [2.45, 2.75) is 19.8 Å². The number of nitrogens with zero attached hydrogens (tertiary/aromatic N) is 2. The number of hydrogen-bond acceptors (Lipinski definition) is 5. The first-order valence-electron chi connectivity index (χ1n) is 10.8. The van der Waals surface area contributed by atoms with Gasteiger partial charge in [0.05, 0.1) is 5.92 Å². The molecule has 0 bridgehead atoms. The lowest BCUT2D eigenvalue weighted by Gasteiger charge is -2.37. The van der Waals surface area contributed by atoms with Gasteiger partial charge < -0.3 is 25.0 Å². The number of piperazine rings is 1. The smallest absolute Gasteiger partial charge is 0.228 e. The molecule has 1 amide bonds. The molecule has 6 nitrogen and oxygen atoms in total. The topological polar surface area (TPSA) is 75.7 Å². The third-order valence-corrected chi connectivity index (χ3v) is 6.22. The number of benzene rings is 2. The minimum absolute atomic E-state index is 0.266. The second kappa shape index (κ2) is 9.25. The zero-order valence-corrected chi connectivity index (χ0v) is 17.8. The summed E-state index contributed by atoms with van der Waals surface area (Å²) in [5.74, 6) is -2.79. The molecular weight excluding hydrogens is 390 g/mol. The van der Waals surface area contributed by atoms with Crippen molar-refractivity contribution < 1.29 is 14.7 Å². The maximum atomic E-state index is 12.6. The molecule has 2 aromatic rings. The Labute approximate surface area is 183 Å². The van der Waals surface area contributed by atoms with Gasteiger partial charge in [0, 0.05) is 55.1 Å². The molecule has 1 N–H and O–H groups in total. The van der Waals surface area contributed by atoms with Crippen LogP contribution in [0.1, 0.15) is 18.4 Å². The van der Waals surface area contributed by atoms with Crippen LogP contribution in [0.4, 0.5) is 17.1 Å². The van der Waals surface area contributed by atoms with Crippen LogP contribution in [-0.2, 0) is 9.59 Å². The zero-order valence-electron chi connectivity index (χ0n) is 17.8. The molecule has 0 spiro atoms. The van der Waals surface area contributed by atoms with Crippen LogP contribution in [0.2, 0.25) is 0 Å². The maximum Gasteiger partial charge on any atom is 0.228 e. The summed E-state index contributed by atoms with van der Waals surface area (Å²) in [5, 5.41) is 14.2. The van der Waals surface area contributed by atoms with Crippen LogP contribution >= 0.6 is 0 Å². The molecule has 2 aliphatic rings. The van der Waals surface area contributed by atoms with Crippen molar-refractivity contribution in [3.8, 4) is 0 Å². The number of rotatable bonds is 5. The van der Waals surface area contributed by atoms with Gasteiger partial charge in [0.2, 0.25) is 5.91 Å². The van der Waals surface area contributed by atoms with Crippen molar-refractivity contribution in [2.75, 3.05) is 41.3 Å². The fraction of sp³-hybridized carbons (Fsp3) is 0.360. The van der Waals surface area contributed by atoms with Gasteiger partial charge in [0.15, 0.2) is 0 Å².